The number of nitriles is 1. The van der Waals surface area contributed by atoms with E-state index in [0.717, 1.165) is 16.7 Å². The van der Waals surface area contributed by atoms with E-state index in [9.17, 15) is 29.2 Å². The highest BCUT2D eigenvalue weighted by atomic mass is 31.2. The van der Waals surface area contributed by atoms with Crippen molar-refractivity contribution in [2.45, 2.75) is 96.1 Å². The van der Waals surface area contributed by atoms with Crippen LogP contribution in [0.3, 0.4) is 0 Å². The van der Waals surface area contributed by atoms with Crippen molar-refractivity contribution in [3.05, 3.63) is 211 Å². The molecule has 3 aliphatic rings. The first-order chi connectivity index (χ1) is 40.9. The molecular formula is C65H61N4O15P. The second kappa shape index (κ2) is 25.1. The lowest BCUT2D eigenvalue weighted by atomic mass is 9.77. The Labute approximate surface area is 491 Å². The van der Waals surface area contributed by atoms with Crippen LogP contribution in [0.15, 0.2) is 149 Å². The van der Waals surface area contributed by atoms with E-state index in [0.29, 0.717) is 33.8 Å². The van der Waals surface area contributed by atoms with Gasteiger partial charge in [-0.15, -0.1) is 0 Å². The number of aromatic nitrogens is 2. The number of rotatable bonds is 19. The van der Waals surface area contributed by atoms with Gasteiger partial charge in [-0.25, -0.2) is 14.3 Å². The fourth-order valence-corrected chi connectivity index (χ4v) is 12.7. The molecule has 1 unspecified atom stereocenters. The molecule has 6 aromatic carbocycles. The van der Waals surface area contributed by atoms with Crippen LogP contribution in [0.5, 0.6) is 34.5 Å². The number of ether oxygens (including phenoxy) is 8. The SMILES string of the molecule is COc1ccc(C(OC[C@H]2O[C@@H](n3cc(C#Cc4ccc5c(c4)C4(OC5=O)c5ccc(OC(C)=O)cc5Oc5cc(OC(C)=O)ccc54)c(=O)[nH]c3=O)C[C@@H]2OP(OCCC#N)N(C(C)C)C(C)C)(c2ccccc2)c2ccc(OC)cc2)cc1. The molecule has 85 heavy (non-hydrogen) atoms. The van der Waals surface area contributed by atoms with E-state index in [4.69, 9.17) is 46.9 Å². The lowest BCUT2D eigenvalue weighted by Gasteiger charge is -2.39. The summed E-state index contributed by atoms with van der Waals surface area (Å²) in [4.78, 5) is 68.3. The Hall–Kier alpha value is -8.91. The maximum atomic E-state index is 14.1. The van der Waals surface area contributed by atoms with Crippen LogP contribution in [0.25, 0.3) is 0 Å². The normalized spacial score (nSPS) is 16.7. The average molecular weight is 1170 g/mol. The van der Waals surface area contributed by atoms with Gasteiger partial charge in [0.2, 0.25) is 0 Å². The molecule has 0 bridgehead atoms. The molecule has 20 heteroatoms. The van der Waals surface area contributed by atoms with E-state index in [-0.39, 0.29) is 72.3 Å². The number of methoxy groups -OCH3 is 2. The first kappa shape index (κ1) is 59.3. The summed E-state index contributed by atoms with van der Waals surface area (Å²) < 4.78 is 65.7. The molecule has 10 rings (SSSR count). The number of H-pyrrole nitrogens is 1. The van der Waals surface area contributed by atoms with Gasteiger partial charge in [0, 0.05) is 72.9 Å². The minimum atomic E-state index is -1.84. The van der Waals surface area contributed by atoms with Crippen LogP contribution in [0.4, 0.5) is 0 Å². The summed E-state index contributed by atoms with van der Waals surface area (Å²) in [5, 5.41) is 9.56. The molecule has 4 heterocycles. The molecule has 436 valence electrons. The molecule has 1 fully saturated rings. The zero-order valence-corrected chi connectivity index (χ0v) is 48.8. The summed E-state index contributed by atoms with van der Waals surface area (Å²) >= 11 is 0. The van der Waals surface area contributed by atoms with Crippen LogP contribution in [-0.4, -0.2) is 83.9 Å². The van der Waals surface area contributed by atoms with E-state index in [1.54, 1.807) is 56.7 Å². The molecule has 1 spiro atoms. The number of carbonyl (C=O) groups excluding carboxylic acids is 3. The summed E-state index contributed by atoms with van der Waals surface area (Å²) in [6, 6.07) is 41.3. The highest BCUT2D eigenvalue weighted by Gasteiger charge is 2.54. The minimum Gasteiger partial charge on any atom is -0.497 e. The molecule has 0 saturated carbocycles. The Balaban J connectivity index is 1.04. The van der Waals surface area contributed by atoms with Crippen molar-refractivity contribution in [2.75, 3.05) is 27.4 Å². The summed E-state index contributed by atoms with van der Waals surface area (Å²) in [6.07, 6.45) is -1.17. The zero-order chi connectivity index (χ0) is 60.2. The maximum absolute atomic E-state index is 14.1. The Kier molecular flexibility index (Phi) is 17.5. The molecule has 19 nitrogen and oxygen atoms in total. The van der Waals surface area contributed by atoms with Crippen molar-refractivity contribution < 1.29 is 61.3 Å². The molecule has 3 aliphatic heterocycles. The minimum absolute atomic E-state index is 0.0452. The fraction of sp³-hybridized carbons (Fsp3) is 0.292. The van der Waals surface area contributed by atoms with Crippen LogP contribution in [0, 0.1) is 23.2 Å². The summed E-state index contributed by atoms with van der Waals surface area (Å²) in [5.41, 5.74) is -0.416. The third-order valence-corrected chi connectivity index (χ3v) is 16.8. The topological polar surface area (TPSA) is 225 Å². The zero-order valence-electron chi connectivity index (χ0n) is 47.9. The number of fused-ring (bicyclic) bond motifs is 6. The van der Waals surface area contributed by atoms with E-state index in [1.807, 2.05) is 107 Å². The number of nitrogens with zero attached hydrogens (tertiary/aromatic N) is 3. The molecule has 0 amide bonds. The van der Waals surface area contributed by atoms with Gasteiger partial charge in [-0.05, 0) is 111 Å². The fourth-order valence-electron chi connectivity index (χ4n) is 11.0. The van der Waals surface area contributed by atoms with Gasteiger partial charge in [0.1, 0.15) is 58.0 Å². The van der Waals surface area contributed by atoms with Gasteiger partial charge in [-0.2, -0.15) is 5.26 Å². The van der Waals surface area contributed by atoms with Crippen molar-refractivity contribution in [1.82, 2.24) is 14.2 Å². The van der Waals surface area contributed by atoms with E-state index in [1.165, 1.54) is 36.7 Å². The maximum Gasteiger partial charge on any atom is 0.340 e. The second-order valence-electron chi connectivity index (χ2n) is 20.8. The van der Waals surface area contributed by atoms with E-state index >= 15 is 0 Å². The first-order valence-corrected chi connectivity index (χ1v) is 28.6. The van der Waals surface area contributed by atoms with E-state index < -0.39 is 67.3 Å². The number of carbonyl (C=O) groups is 3. The Morgan fingerprint density at radius 3 is 1.88 bits per heavy atom. The predicted octanol–water partition coefficient (Wildman–Crippen LogP) is 10.3. The first-order valence-electron chi connectivity index (χ1n) is 27.4. The van der Waals surface area contributed by atoms with Gasteiger partial charge in [-0.1, -0.05) is 66.4 Å². The van der Waals surface area contributed by atoms with Crippen LogP contribution in [0.1, 0.15) is 115 Å². The lowest BCUT2D eigenvalue weighted by molar-refractivity contribution is -0.132. The van der Waals surface area contributed by atoms with Crippen molar-refractivity contribution >= 4 is 26.4 Å². The number of aromatic amines is 1. The third kappa shape index (κ3) is 12.0. The van der Waals surface area contributed by atoms with E-state index in [2.05, 4.69) is 27.6 Å². The molecule has 1 N–H and O–H groups in total. The van der Waals surface area contributed by atoms with Crippen LogP contribution in [-0.2, 0) is 44.0 Å². The molecule has 4 atom stereocenters. The van der Waals surface area contributed by atoms with Gasteiger partial charge in [0.05, 0.1) is 51.6 Å². The lowest BCUT2D eigenvalue weighted by Crippen LogP contribution is -2.39. The number of nitrogens with one attached hydrogen (secondary N) is 1. The van der Waals surface area contributed by atoms with Crippen molar-refractivity contribution in [3.8, 4) is 52.4 Å². The summed E-state index contributed by atoms with van der Waals surface area (Å²) in [7, 11) is 1.36. The number of hydrogen-bond donors (Lipinski definition) is 1. The standard InChI is InChI=1S/C65H61N4O15P/c1-39(2)69(40(3)4)85(78-32-12-31-66)84-58-36-60(82-59(58)38-77-64(45-13-10-9-11-14-45,46-18-22-48(75-7)23-19-46)47-20-24-49(76-8)25-21-47)68-37-44(61(72)67-63(68)74)17-15-43-16-28-52-55(33-43)65(83-62(52)73)53-29-26-50(79-41(5)70)34-56(53)81-57-35-51(80-42(6)71)27-30-54(57)65/h9-11,13-14,16,18-30,33-35,37,39-40,58-60H,12,32,36,38H2,1-8H3,(H,67,72,74)/t58-,59+,60+,85?/m0/s1. The van der Waals surface area contributed by atoms with Crippen molar-refractivity contribution in [1.29, 1.82) is 5.26 Å². The molecule has 0 radical (unpaired) electrons. The predicted molar refractivity (Wildman–Crippen MR) is 311 cm³/mol. The number of benzene rings is 6. The average Bonchev–Trinajstić information content (AvgIpc) is 1.83. The number of hydrogen-bond acceptors (Lipinski definition) is 17. The Morgan fingerprint density at radius 1 is 0.753 bits per heavy atom. The molecule has 1 aromatic heterocycles. The van der Waals surface area contributed by atoms with Gasteiger partial charge in [0.15, 0.2) is 5.60 Å². The second-order valence-corrected chi connectivity index (χ2v) is 22.2. The summed E-state index contributed by atoms with van der Waals surface area (Å²) in [5.74, 6) is 6.26. The smallest absolute Gasteiger partial charge is 0.340 e. The van der Waals surface area contributed by atoms with Gasteiger partial charge in [-0.3, -0.25) is 23.9 Å². The van der Waals surface area contributed by atoms with Crippen LogP contribution < -0.4 is 34.9 Å². The van der Waals surface area contributed by atoms with Gasteiger partial charge >= 0.3 is 23.6 Å². The highest BCUT2D eigenvalue weighted by molar-refractivity contribution is 7.44. The molecule has 7 aromatic rings. The highest BCUT2D eigenvalue weighted by Crippen LogP contribution is 2.58. The van der Waals surface area contributed by atoms with Crippen molar-refractivity contribution in [3.63, 3.8) is 0 Å². The Morgan fingerprint density at radius 2 is 1.33 bits per heavy atom. The molecular weight excluding hydrogens is 1110 g/mol. The molecule has 0 aliphatic carbocycles. The third-order valence-electron chi connectivity index (χ3n) is 14.6. The quantitative estimate of drug-likeness (QED) is 0.0198. The summed E-state index contributed by atoms with van der Waals surface area (Å²) in [6.45, 7) is 10.7. The monoisotopic (exact) mass is 1170 g/mol. The van der Waals surface area contributed by atoms with Crippen LogP contribution >= 0.6 is 8.53 Å². The molecule has 1 saturated heterocycles. The largest absolute Gasteiger partial charge is 0.497 e. The van der Waals surface area contributed by atoms with Crippen LogP contribution in [0.2, 0.25) is 0 Å². The van der Waals surface area contributed by atoms with Gasteiger partial charge < -0.3 is 46.9 Å². The van der Waals surface area contributed by atoms with Gasteiger partial charge in [0.25, 0.3) is 14.1 Å². The van der Waals surface area contributed by atoms with Crippen molar-refractivity contribution in [2.24, 2.45) is 0 Å². The number of esters is 3. The Bertz CT molecular complexity index is 3760.